The van der Waals surface area contributed by atoms with E-state index in [4.69, 9.17) is 0 Å². The molecule has 1 amide bonds. The zero-order valence-corrected chi connectivity index (χ0v) is 15.4. The lowest BCUT2D eigenvalue weighted by molar-refractivity contribution is 0.102. The zero-order chi connectivity index (χ0) is 18.5. The third-order valence-corrected chi connectivity index (χ3v) is 4.35. The van der Waals surface area contributed by atoms with E-state index in [0.29, 0.717) is 11.5 Å². The highest BCUT2D eigenvalue weighted by molar-refractivity contribution is 6.06. The molecule has 3 heteroatoms. The van der Waals surface area contributed by atoms with Gasteiger partial charge in [-0.15, -0.1) is 0 Å². The highest BCUT2D eigenvalue weighted by atomic mass is 16.1. The smallest absolute Gasteiger partial charge is 0.255 e. The Hall–Kier alpha value is -3.07. The van der Waals surface area contributed by atoms with Gasteiger partial charge in [0, 0.05) is 11.3 Å². The Morgan fingerprint density at radius 2 is 1.42 bits per heavy atom. The Balaban J connectivity index is 1.77. The number of amides is 1. The van der Waals surface area contributed by atoms with Crippen LogP contribution in [0.25, 0.3) is 0 Å². The number of carbonyl (C=O) groups is 1. The predicted molar refractivity (Wildman–Crippen MR) is 109 cm³/mol. The van der Waals surface area contributed by atoms with Crippen LogP contribution in [0.1, 0.15) is 41.3 Å². The second-order valence-electron chi connectivity index (χ2n) is 6.77. The van der Waals surface area contributed by atoms with Crippen molar-refractivity contribution in [1.82, 2.24) is 0 Å². The Morgan fingerprint density at radius 1 is 0.808 bits per heavy atom. The molecule has 3 rings (SSSR count). The van der Waals surface area contributed by atoms with Crippen LogP contribution in [-0.2, 0) is 0 Å². The minimum absolute atomic E-state index is 0.113. The Labute approximate surface area is 155 Å². The largest absolute Gasteiger partial charge is 0.354 e. The van der Waals surface area contributed by atoms with Gasteiger partial charge in [-0.1, -0.05) is 55.8 Å². The lowest BCUT2D eigenvalue weighted by Crippen LogP contribution is -2.13. The fourth-order valence-corrected chi connectivity index (χ4v) is 2.71. The van der Waals surface area contributed by atoms with E-state index in [1.165, 1.54) is 11.1 Å². The Morgan fingerprint density at radius 3 is 2.04 bits per heavy atom. The summed E-state index contributed by atoms with van der Waals surface area (Å²) in [4.78, 5) is 12.6. The zero-order valence-electron chi connectivity index (χ0n) is 15.4. The minimum Gasteiger partial charge on any atom is -0.354 e. The van der Waals surface area contributed by atoms with Gasteiger partial charge in [0.1, 0.15) is 0 Å². The normalized spacial score (nSPS) is 10.6. The molecule has 0 atom stereocenters. The first-order valence-corrected chi connectivity index (χ1v) is 8.87. The number of benzene rings is 3. The van der Waals surface area contributed by atoms with E-state index >= 15 is 0 Å². The molecule has 0 saturated carbocycles. The van der Waals surface area contributed by atoms with Crippen LogP contribution in [0, 0.1) is 6.92 Å². The predicted octanol–water partition coefficient (Wildman–Crippen LogP) is 6.11. The fourth-order valence-electron chi connectivity index (χ4n) is 2.71. The molecule has 132 valence electrons. The van der Waals surface area contributed by atoms with Crippen molar-refractivity contribution in [2.24, 2.45) is 0 Å². The molecule has 0 aliphatic rings. The third kappa shape index (κ3) is 4.31. The molecule has 0 fully saturated rings. The second-order valence-corrected chi connectivity index (χ2v) is 6.77. The molecule has 3 nitrogen and oxygen atoms in total. The van der Waals surface area contributed by atoms with Crippen molar-refractivity contribution in [1.29, 1.82) is 0 Å². The lowest BCUT2D eigenvalue weighted by atomic mass is 10.0. The molecule has 0 aliphatic heterocycles. The van der Waals surface area contributed by atoms with Crippen LogP contribution in [0.3, 0.4) is 0 Å². The second kappa shape index (κ2) is 7.87. The molecule has 0 bridgehead atoms. The van der Waals surface area contributed by atoms with Gasteiger partial charge in [0.25, 0.3) is 5.91 Å². The van der Waals surface area contributed by atoms with Gasteiger partial charge in [-0.3, -0.25) is 4.79 Å². The molecular formula is C23H24N2O. The molecule has 26 heavy (non-hydrogen) atoms. The number of anilines is 3. The number of carbonyl (C=O) groups excluding carboxylic acids is 1. The van der Waals surface area contributed by atoms with E-state index in [2.05, 4.69) is 43.5 Å². The molecule has 2 N–H and O–H groups in total. The topological polar surface area (TPSA) is 41.1 Å². The van der Waals surface area contributed by atoms with E-state index in [9.17, 15) is 4.79 Å². The van der Waals surface area contributed by atoms with Gasteiger partial charge in [0.15, 0.2) is 0 Å². The molecule has 3 aromatic carbocycles. The van der Waals surface area contributed by atoms with Gasteiger partial charge in [-0.2, -0.15) is 0 Å². The number of rotatable bonds is 5. The Bertz CT molecular complexity index is 881. The van der Waals surface area contributed by atoms with Crippen molar-refractivity contribution in [3.63, 3.8) is 0 Å². The van der Waals surface area contributed by atoms with Crippen molar-refractivity contribution >= 4 is 23.0 Å². The van der Waals surface area contributed by atoms with E-state index in [0.717, 1.165) is 17.1 Å². The van der Waals surface area contributed by atoms with Gasteiger partial charge >= 0.3 is 0 Å². The average Bonchev–Trinajstić information content (AvgIpc) is 2.65. The first kappa shape index (κ1) is 17.7. The lowest BCUT2D eigenvalue weighted by Gasteiger charge is -2.14. The summed E-state index contributed by atoms with van der Waals surface area (Å²) < 4.78 is 0. The summed E-state index contributed by atoms with van der Waals surface area (Å²) >= 11 is 0. The van der Waals surface area contributed by atoms with Gasteiger partial charge in [-0.25, -0.2) is 0 Å². The minimum atomic E-state index is -0.113. The monoisotopic (exact) mass is 344 g/mol. The van der Waals surface area contributed by atoms with Crippen LogP contribution in [0.15, 0.2) is 72.8 Å². The van der Waals surface area contributed by atoms with Crippen molar-refractivity contribution in [3.8, 4) is 0 Å². The molecule has 0 spiro atoms. The summed E-state index contributed by atoms with van der Waals surface area (Å²) in [5.41, 5.74) is 5.69. The maximum absolute atomic E-state index is 12.6. The maximum atomic E-state index is 12.6. The van der Waals surface area contributed by atoms with Gasteiger partial charge in [0.05, 0.1) is 11.4 Å². The van der Waals surface area contributed by atoms with Crippen molar-refractivity contribution in [3.05, 3.63) is 89.5 Å². The summed E-state index contributed by atoms with van der Waals surface area (Å²) in [5, 5.41) is 6.37. The summed E-state index contributed by atoms with van der Waals surface area (Å²) in [6.45, 7) is 6.34. The van der Waals surface area contributed by atoms with E-state index < -0.39 is 0 Å². The van der Waals surface area contributed by atoms with E-state index in [1.807, 2.05) is 60.7 Å². The molecule has 0 heterocycles. The summed E-state index contributed by atoms with van der Waals surface area (Å²) in [7, 11) is 0. The number of para-hydroxylation sites is 2. The molecule has 3 aromatic rings. The van der Waals surface area contributed by atoms with Crippen molar-refractivity contribution < 1.29 is 4.79 Å². The van der Waals surface area contributed by atoms with Gasteiger partial charge in [-0.05, 0) is 54.8 Å². The fraction of sp³-hybridized carbons (Fsp3) is 0.174. The van der Waals surface area contributed by atoms with Crippen LogP contribution in [0.5, 0.6) is 0 Å². The first-order valence-electron chi connectivity index (χ1n) is 8.87. The van der Waals surface area contributed by atoms with Crippen molar-refractivity contribution in [2.45, 2.75) is 26.7 Å². The van der Waals surface area contributed by atoms with E-state index in [-0.39, 0.29) is 5.91 Å². The van der Waals surface area contributed by atoms with Crippen molar-refractivity contribution in [2.75, 3.05) is 10.6 Å². The van der Waals surface area contributed by atoms with Gasteiger partial charge < -0.3 is 10.6 Å². The molecule has 0 aliphatic carbocycles. The highest BCUT2D eigenvalue weighted by Gasteiger charge is 2.10. The molecule has 0 radical (unpaired) electrons. The molecule has 0 saturated heterocycles. The SMILES string of the molecule is Cc1ccc(Nc2ccccc2NC(=O)c2ccc(C(C)C)cc2)cc1. The summed E-state index contributed by atoms with van der Waals surface area (Å²) in [6.07, 6.45) is 0. The molecular weight excluding hydrogens is 320 g/mol. The first-order chi connectivity index (χ1) is 12.5. The summed E-state index contributed by atoms with van der Waals surface area (Å²) in [6, 6.07) is 23.7. The maximum Gasteiger partial charge on any atom is 0.255 e. The number of nitrogens with one attached hydrogen (secondary N) is 2. The summed E-state index contributed by atoms with van der Waals surface area (Å²) in [5.74, 6) is 0.338. The van der Waals surface area contributed by atoms with Crippen LogP contribution < -0.4 is 10.6 Å². The standard InChI is InChI=1S/C23H24N2O/c1-16(2)18-10-12-19(13-11-18)23(26)25-22-7-5-4-6-21(22)24-20-14-8-17(3)9-15-20/h4-16,24H,1-3H3,(H,25,26). The highest BCUT2D eigenvalue weighted by Crippen LogP contribution is 2.26. The quantitative estimate of drug-likeness (QED) is 0.586. The molecule has 0 unspecified atom stereocenters. The number of hydrogen-bond donors (Lipinski definition) is 2. The average molecular weight is 344 g/mol. The van der Waals surface area contributed by atoms with Crippen LogP contribution >= 0.6 is 0 Å². The third-order valence-electron chi connectivity index (χ3n) is 4.35. The number of aryl methyl sites for hydroxylation is 1. The van der Waals surface area contributed by atoms with Crippen LogP contribution in [0.2, 0.25) is 0 Å². The van der Waals surface area contributed by atoms with E-state index in [1.54, 1.807) is 0 Å². The van der Waals surface area contributed by atoms with Crippen LogP contribution in [-0.4, -0.2) is 5.91 Å². The Kier molecular flexibility index (Phi) is 5.37. The molecule has 0 aromatic heterocycles. The number of hydrogen-bond acceptors (Lipinski definition) is 2. The van der Waals surface area contributed by atoms with Gasteiger partial charge in [0.2, 0.25) is 0 Å². The van der Waals surface area contributed by atoms with Crippen LogP contribution in [0.4, 0.5) is 17.1 Å².